The molecule has 0 radical (unpaired) electrons. The number of ether oxygens (including phenoxy) is 3. The molecule has 0 saturated carbocycles. The van der Waals surface area contributed by atoms with Crippen molar-refractivity contribution < 1.29 is 28.9 Å². The van der Waals surface area contributed by atoms with Gasteiger partial charge in [-0.1, -0.05) is 0 Å². The van der Waals surface area contributed by atoms with Crippen molar-refractivity contribution in [1.29, 1.82) is 0 Å². The molecule has 3 rings (SSSR count). The zero-order valence-electron chi connectivity index (χ0n) is 18.6. The Labute approximate surface area is 181 Å². The lowest BCUT2D eigenvalue weighted by Gasteiger charge is -2.28. The third-order valence-electron chi connectivity index (χ3n) is 5.04. The van der Waals surface area contributed by atoms with E-state index in [4.69, 9.17) is 14.2 Å². The van der Waals surface area contributed by atoms with Gasteiger partial charge in [0.2, 0.25) is 0 Å². The fraction of sp³-hybridized carbons (Fsp3) is 0.500. The summed E-state index contributed by atoms with van der Waals surface area (Å²) in [5.41, 5.74) is 0.692. The van der Waals surface area contributed by atoms with E-state index in [9.17, 15) is 14.7 Å². The van der Waals surface area contributed by atoms with Crippen molar-refractivity contribution in [3.63, 3.8) is 0 Å². The van der Waals surface area contributed by atoms with Crippen LogP contribution in [0.5, 0.6) is 11.5 Å². The van der Waals surface area contributed by atoms with Gasteiger partial charge < -0.3 is 29.1 Å². The third-order valence-corrected chi connectivity index (χ3v) is 5.04. The first kappa shape index (κ1) is 22.5. The molecule has 9 heteroatoms. The van der Waals surface area contributed by atoms with E-state index in [2.05, 4.69) is 4.98 Å². The van der Waals surface area contributed by atoms with Gasteiger partial charge in [0, 0.05) is 43.8 Å². The zero-order valence-corrected chi connectivity index (χ0v) is 18.6. The maximum atomic E-state index is 12.5. The molecule has 0 bridgehead atoms. The standard InChI is InChI=1S/C22H29N3O6/c1-22(2,3)31-21(28)25-8-6-7-24(9-10-25)19-14-11-17(29-4)18(30-5)12-16(14)23-13-15(19)20(26)27/h11-13H,6-10H2,1-5H3,(H,26,27). The molecule has 0 aliphatic carbocycles. The van der Waals surface area contributed by atoms with E-state index in [1.807, 2.05) is 25.7 Å². The molecule has 0 atom stereocenters. The molecular formula is C22H29N3O6. The Morgan fingerprint density at radius 1 is 1.03 bits per heavy atom. The molecule has 9 nitrogen and oxygen atoms in total. The molecule has 31 heavy (non-hydrogen) atoms. The normalized spacial score (nSPS) is 14.9. The van der Waals surface area contributed by atoms with E-state index in [0.717, 1.165) is 0 Å². The number of carboxylic acid groups (broad SMARTS) is 1. The number of hydrogen-bond donors (Lipinski definition) is 1. The van der Waals surface area contributed by atoms with E-state index in [1.165, 1.54) is 20.4 Å². The van der Waals surface area contributed by atoms with Crippen LogP contribution in [-0.4, -0.2) is 73.1 Å². The number of carbonyl (C=O) groups is 2. The van der Waals surface area contributed by atoms with Crippen LogP contribution in [0.3, 0.4) is 0 Å². The number of fused-ring (bicyclic) bond motifs is 1. The minimum Gasteiger partial charge on any atom is -0.493 e. The van der Waals surface area contributed by atoms with Crippen LogP contribution in [0.1, 0.15) is 37.6 Å². The number of aromatic nitrogens is 1. The van der Waals surface area contributed by atoms with Crippen LogP contribution >= 0.6 is 0 Å². The number of aromatic carboxylic acids is 1. The van der Waals surface area contributed by atoms with Crippen LogP contribution in [0.25, 0.3) is 10.9 Å². The van der Waals surface area contributed by atoms with E-state index in [-0.39, 0.29) is 11.7 Å². The van der Waals surface area contributed by atoms with Crippen LogP contribution in [0.4, 0.5) is 10.5 Å². The number of anilines is 1. The van der Waals surface area contributed by atoms with Gasteiger partial charge in [-0.2, -0.15) is 0 Å². The third kappa shape index (κ3) is 4.92. The first-order chi connectivity index (χ1) is 14.6. The van der Waals surface area contributed by atoms with E-state index < -0.39 is 11.6 Å². The summed E-state index contributed by atoms with van der Waals surface area (Å²) in [7, 11) is 3.07. The van der Waals surface area contributed by atoms with Gasteiger partial charge in [-0.25, -0.2) is 9.59 Å². The molecule has 1 amide bonds. The molecule has 168 valence electrons. The highest BCUT2D eigenvalue weighted by molar-refractivity contribution is 6.05. The molecule has 0 spiro atoms. The quantitative estimate of drug-likeness (QED) is 0.786. The SMILES string of the molecule is COc1cc2ncc(C(=O)O)c(N3CCCN(C(=O)OC(C)(C)C)CC3)c2cc1OC. The first-order valence-corrected chi connectivity index (χ1v) is 10.2. The van der Waals surface area contributed by atoms with Crippen molar-refractivity contribution >= 4 is 28.7 Å². The molecule has 0 unspecified atom stereocenters. The number of amides is 1. The number of rotatable bonds is 4. The lowest BCUT2D eigenvalue weighted by Crippen LogP contribution is -2.39. The zero-order chi connectivity index (χ0) is 22.8. The minimum absolute atomic E-state index is 0.102. The summed E-state index contributed by atoms with van der Waals surface area (Å²) in [5, 5.41) is 10.5. The Bertz CT molecular complexity index is 985. The second kappa shape index (κ2) is 8.87. The Morgan fingerprint density at radius 2 is 1.71 bits per heavy atom. The minimum atomic E-state index is -1.06. The lowest BCUT2D eigenvalue weighted by molar-refractivity contribution is 0.0263. The predicted molar refractivity (Wildman–Crippen MR) is 116 cm³/mol. The summed E-state index contributed by atoms with van der Waals surface area (Å²) < 4.78 is 16.3. The van der Waals surface area contributed by atoms with Crippen molar-refractivity contribution in [3.8, 4) is 11.5 Å². The van der Waals surface area contributed by atoms with Crippen molar-refractivity contribution in [2.24, 2.45) is 0 Å². The maximum Gasteiger partial charge on any atom is 0.410 e. The summed E-state index contributed by atoms with van der Waals surface area (Å²) >= 11 is 0. The second-order valence-corrected chi connectivity index (χ2v) is 8.36. The second-order valence-electron chi connectivity index (χ2n) is 8.36. The average Bonchev–Trinajstić information content (AvgIpc) is 2.96. The summed E-state index contributed by atoms with van der Waals surface area (Å²) in [6, 6.07) is 3.48. The van der Waals surface area contributed by atoms with E-state index in [0.29, 0.717) is 60.7 Å². The maximum absolute atomic E-state index is 12.5. The van der Waals surface area contributed by atoms with Gasteiger partial charge in [-0.15, -0.1) is 0 Å². The molecule has 1 N–H and O–H groups in total. The molecule has 1 saturated heterocycles. The number of nitrogens with zero attached hydrogens (tertiary/aromatic N) is 3. The Morgan fingerprint density at radius 3 is 2.32 bits per heavy atom. The van der Waals surface area contributed by atoms with Crippen LogP contribution in [0.15, 0.2) is 18.3 Å². The van der Waals surface area contributed by atoms with Crippen LogP contribution in [0.2, 0.25) is 0 Å². The van der Waals surface area contributed by atoms with Crippen molar-refractivity contribution in [1.82, 2.24) is 9.88 Å². The van der Waals surface area contributed by atoms with Gasteiger partial charge >= 0.3 is 12.1 Å². The van der Waals surface area contributed by atoms with Gasteiger partial charge in [0.05, 0.1) is 25.4 Å². The molecule has 1 fully saturated rings. The van der Waals surface area contributed by atoms with Crippen LogP contribution in [0, 0.1) is 0 Å². The van der Waals surface area contributed by atoms with E-state index >= 15 is 0 Å². The molecule has 1 aromatic carbocycles. The average molecular weight is 431 g/mol. The monoisotopic (exact) mass is 431 g/mol. The van der Waals surface area contributed by atoms with E-state index in [1.54, 1.807) is 17.0 Å². The topological polar surface area (TPSA) is 101 Å². The molecule has 1 aromatic heterocycles. The van der Waals surface area contributed by atoms with Gasteiger partial charge in [0.1, 0.15) is 11.2 Å². The fourth-order valence-electron chi connectivity index (χ4n) is 3.65. The summed E-state index contributed by atoms with van der Waals surface area (Å²) in [6.07, 6.45) is 1.68. The molecular weight excluding hydrogens is 402 g/mol. The Kier molecular flexibility index (Phi) is 6.42. The fourth-order valence-corrected chi connectivity index (χ4v) is 3.65. The molecule has 1 aliphatic rings. The van der Waals surface area contributed by atoms with Crippen molar-refractivity contribution in [2.75, 3.05) is 45.3 Å². The van der Waals surface area contributed by atoms with Gasteiger partial charge in [0.25, 0.3) is 0 Å². The van der Waals surface area contributed by atoms with Gasteiger partial charge in [0.15, 0.2) is 11.5 Å². The lowest BCUT2D eigenvalue weighted by atomic mass is 10.1. The highest BCUT2D eigenvalue weighted by atomic mass is 16.6. The highest BCUT2D eigenvalue weighted by Gasteiger charge is 2.27. The first-order valence-electron chi connectivity index (χ1n) is 10.2. The predicted octanol–water partition coefficient (Wildman–Crippen LogP) is 3.40. The number of methoxy groups -OCH3 is 2. The van der Waals surface area contributed by atoms with Gasteiger partial charge in [-0.05, 0) is 33.3 Å². The Hall–Kier alpha value is -3.23. The highest BCUT2D eigenvalue weighted by Crippen LogP contribution is 2.38. The number of hydrogen-bond acceptors (Lipinski definition) is 7. The van der Waals surface area contributed by atoms with Crippen LogP contribution < -0.4 is 14.4 Å². The summed E-state index contributed by atoms with van der Waals surface area (Å²) in [4.78, 5) is 32.5. The van der Waals surface area contributed by atoms with Gasteiger partial charge in [-0.3, -0.25) is 4.98 Å². The van der Waals surface area contributed by atoms with Crippen molar-refractivity contribution in [3.05, 3.63) is 23.9 Å². The largest absolute Gasteiger partial charge is 0.493 e. The number of carbonyl (C=O) groups excluding carboxylic acids is 1. The molecule has 2 aromatic rings. The Balaban J connectivity index is 1.99. The molecule has 1 aliphatic heterocycles. The van der Waals surface area contributed by atoms with Crippen molar-refractivity contribution in [2.45, 2.75) is 32.8 Å². The molecule has 2 heterocycles. The number of carboxylic acids is 1. The summed E-state index contributed by atoms with van der Waals surface area (Å²) in [5.74, 6) is -0.0540. The summed E-state index contributed by atoms with van der Waals surface area (Å²) in [6.45, 7) is 7.51. The smallest absolute Gasteiger partial charge is 0.410 e. The van der Waals surface area contributed by atoms with Crippen LogP contribution in [-0.2, 0) is 4.74 Å². The number of pyridine rings is 1. The number of benzene rings is 1.